The number of carbonyl (C=O) groups excluding carboxylic acids is 1. The molecule has 0 spiro atoms. The molecule has 0 atom stereocenters. The molecule has 3 heterocycles. The van der Waals surface area contributed by atoms with E-state index in [4.69, 9.17) is 21.6 Å². The summed E-state index contributed by atoms with van der Waals surface area (Å²) in [6, 6.07) is 7.33. The predicted molar refractivity (Wildman–Crippen MR) is 121 cm³/mol. The molecule has 1 aromatic carbocycles. The number of amides is 1. The number of hydrogen-bond donors (Lipinski definition) is 1. The van der Waals surface area contributed by atoms with Crippen LogP contribution in [0.25, 0.3) is 11.0 Å². The van der Waals surface area contributed by atoms with E-state index in [1.165, 1.54) is 12.8 Å². The summed E-state index contributed by atoms with van der Waals surface area (Å²) in [5.41, 5.74) is 1.76. The van der Waals surface area contributed by atoms with Crippen LogP contribution < -0.4 is 10.2 Å². The number of anilines is 1. The number of fused-ring (bicyclic) bond motifs is 1. The van der Waals surface area contributed by atoms with Gasteiger partial charge in [0.05, 0.1) is 24.5 Å². The SMILES string of the molecule is CCSc1nc(N2CCCC2)c2cnn(CCNC(=O)Cc3ccc(Cl)cc3)c2n1. The maximum atomic E-state index is 12.2. The topological polar surface area (TPSA) is 75.9 Å². The maximum absolute atomic E-state index is 12.2. The Morgan fingerprint density at radius 3 is 2.70 bits per heavy atom. The Bertz CT molecular complexity index is 1020. The largest absolute Gasteiger partial charge is 0.356 e. The molecule has 158 valence electrons. The van der Waals surface area contributed by atoms with Gasteiger partial charge in [-0.3, -0.25) is 4.79 Å². The van der Waals surface area contributed by atoms with Crippen LogP contribution in [0.5, 0.6) is 0 Å². The predicted octanol–water partition coefficient (Wildman–Crippen LogP) is 3.55. The van der Waals surface area contributed by atoms with Gasteiger partial charge in [-0.2, -0.15) is 5.10 Å². The van der Waals surface area contributed by atoms with E-state index < -0.39 is 0 Å². The van der Waals surface area contributed by atoms with Crippen molar-refractivity contribution in [2.24, 2.45) is 0 Å². The van der Waals surface area contributed by atoms with Crippen LogP contribution >= 0.6 is 23.4 Å². The van der Waals surface area contributed by atoms with E-state index in [0.717, 1.165) is 46.4 Å². The fourth-order valence-corrected chi connectivity index (χ4v) is 4.29. The van der Waals surface area contributed by atoms with Crippen LogP contribution in [0.2, 0.25) is 5.02 Å². The minimum Gasteiger partial charge on any atom is -0.356 e. The van der Waals surface area contributed by atoms with Crippen molar-refractivity contribution < 1.29 is 4.79 Å². The number of aromatic nitrogens is 4. The molecule has 0 radical (unpaired) electrons. The number of carbonyl (C=O) groups is 1. The summed E-state index contributed by atoms with van der Waals surface area (Å²) in [6.07, 6.45) is 4.56. The molecule has 0 unspecified atom stereocenters. The molecule has 30 heavy (non-hydrogen) atoms. The summed E-state index contributed by atoms with van der Waals surface area (Å²) >= 11 is 7.53. The minimum absolute atomic E-state index is 0.0246. The molecule has 1 aliphatic rings. The number of nitrogens with zero attached hydrogens (tertiary/aromatic N) is 5. The van der Waals surface area contributed by atoms with Crippen LogP contribution in [0, 0.1) is 0 Å². The van der Waals surface area contributed by atoms with Crippen LogP contribution in [0.15, 0.2) is 35.6 Å². The van der Waals surface area contributed by atoms with Gasteiger partial charge in [0, 0.05) is 24.7 Å². The molecule has 3 aromatic rings. The van der Waals surface area contributed by atoms with Crippen LogP contribution in [-0.2, 0) is 17.8 Å². The van der Waals surface area contributed by atoms with Gasteiger partial charge in [-0.15, -0.1) is 0 Å². The van der Waals surface area contributed by atoms with Crippen molar-refractivity contribution in [3.05, 3.63) is 41.0 Å². The van der Waals surface area contributed by atoms with Crippen molar-refractivity contribution in [2.75, 3.05) is 30.3 Å². The number of benzene rings is 1. The van der Waals surface area contributed by atoms with Gasteiger partial charge in [0.1, 0.15) is 5.82 Å². The van der Waals surface area contributed by atoms with Crippen LogP contribution in [0.3, 0.4) is 0 Å². The highest BCUT2D eigenvalue weighted by atomic mass is 35.5. The van der Waals surface area contributed by atoms with Gasteiger partial charge in [0.15, 0.2) is 10.8 Å². The van der Waals surface area contributed by atoms with E-state index in [1.54, 1.807) is 23.9 Å². The number of halogens is 1. The maximum Gasteiger partial charge on any atom is 0.224 e. The third-order valence-corrected chi connectivity index (χ3v) is 6.04. The van der Waals surface area contributed by atoms with E-state index in [9.17, 15) is 4.79 Å². The molecule has 1 amide bonds. The highest BCUT2D eigenvalue weighted by Gasteiger charge is 2.20. The first kappa shape index (κ1) is 20.9. The lowest BCUT2D eigenvalue weighted by molar-refractivity contribution is -0.120. The molecule has 7 nitrogen and oxygen atoms in total. The fraction of sp³-hybridized carbons (Fsp3) is 0.429. The number of hydrogen-bond acceptors (Lipinski definition) is 6. The Hall–Kier alpha value is -2.32. The van der Waals surface area contributed by atoms with E-state index in [1.807, 2.05) is 23.0 Å². The van der Waals surface area contributed by atoms with Crippen molar-refractivity contribution in [1.82, 2.24) is 25.1 Å². The monoisotopic (exact) mass is 444 g/mol. The van der Waals surface area contributed by atoms with Gasteiger partial charge in [0.2, 0.25) is 5.91 Å². The molecular weight excluding hydrogens is 420 g/mol. The highest BCUT2D eigenvalue weighted by Crippen LogP contribution is 2.29. The molecule has 2 aromatic heterocycles. The lowest BCUT2D eigenvalue weighted by atomic mass is 10.1. The Kier molecular flexibility index (Phi) is 6.74. The molecule has 1 N–H and O–H groups in total. The van der Waals surface area contributed by atoms with Gasteiger partial charge in [-0.05, 0) is 36.3 Å². The lowest BCUT2D eigenvalue weighted by Gasteiger charge is -2.17. The summed E-state index contributed by atoms with van der Waals surface area (Å²) < 4.78 is 1.86. The Balaban J connectivity index is 1.44. The molecule has 0 bridgehead atoms. The number of rotatable bonds is 8. The third-order valence-electron chi connectivity index (χ3n) is 5.06. The molecule has 0 saturated carbocycles. The van der Waals surface area contributed by atoms with E-state index in [-0.39, 0.29) is 5.91 Å². The third kappa shape index (κ3) is 4.87. The summed E-state index contributed by atoms with van der Waals surface area (Å²) in [7, 11) is 0. The van der Waals surface area contributed by atoms with Crippen molar-refractivity contribution in [2.45, 2.75) is 37.9 Å². The zero-order chi connectivity index (χ0) is 20.9. The summed E-state index contributed by atoms with van der Waals surface area (Å²) in [5, 5.41) is 9.92. The normalized spacial score (nSPS) is 13.9. The van der Waals surface area contributed by atoms with Crippen LogP contribution in [0.4, 0.5) is 5.82 Å². The summed E-state index contributed by atoms with van der Waals surface area (Å²) in [5.74, 6) is 1.87. The van der Waals surface area contributed by atoms with E-state index in [2.05, 4.69) is 22.2 Å². The minimum atomic E-state index is -0.0246. The number of nitrogens with one attached hydrogen (secondary N) is 1. The standard InChI is InChI=1S/C21H25ClN6OS/c1-2-30-21-25-19(27-10-3-4-11-27)17-14-24-28(20(17)26-21)12-9-23-18(29)13-15-5-7-16(22)8-6-15/h5-8,14H,2-4,9-13H2,1H3,(H,23,29). The van der Waals surface area contributed by atoms with Gasteiger partial charge in [0.25, 0.3) is 0 Å². The van der Waals surface area contributed by atoms with Crippen LogP contribution in [0.1, 0.15) is 25.3 Å². The average Bonchev–Trinajstić information content (AvgIpc) is 3.40. The van der Waals surface area contributed by atoms with Crippen molar-refractivity contribution in [1.29, 1.82) is 0 Å². The molecule has 0 aliphatic carbocycles. The first-order valence-electron chi connectivity index (χ1n) is 10.3. The van der Waals surface area contributed by atoms with Gasteiger partial charge >= 0.3 is 0 Å². The van der Waals surface area contributed by atoms with Crippen molar-refractivity contribution in [3.63, 3.8) is 0 Å². The highest BCUT2D eigenvalue weighted by molar-refractivity contribution is 7.99. The molecule has 1 saturated heterocycles. The van der Waals surface area contributed by atoms with Gasteiger partial charge < -0.3 is 10.2 Å². The van der Waals surface area contributed by atoms with Crippen molar-refractivity contribution >= 4 is 46.1 Å². The second-order valence-corrected chi connectivity index (χ2v) is 8.88. The summed E-state index contributed by atoms with van der Waals surface area (Å²) in [6.45, 7) is 5.19. The first-order valence-corrected chi connectivity index (χ1v) is 11.6. The Morgan fingerprint density at radius 2 is 1.97 bits per heavy atom. The molecule has 1 aliphatic heterocycles. The van der Waals surface area contributed by atoms with Crippen LogP contribution in [-0.4, -0.2) is 51.0 Å². The molecular formula is C21H25ClN6OS. The Labute approximate surface area is 185 Å². The molecule has 1 fully saturated rings. The zero-order valence-corrected chi connectivity index (χ0v) is 18.5. The first-order chi connectivity index (χ1) is 14.6. The fourth-order valence-electron chi connectivity index (χ4n) is 3.60. The lowest BCUT2D eigenvalue weighted by Crippen LogP contribution is -2.29. The second-order valence-electron chi connectivity index (χ2n) is 7.22. The van der Waals surface area contributed by atoms with Crippen molar-refractivity contribution in [3.8, 4) is 0 Å². The smallest absolute Gasteiger partial charge is 0.224 e. The molecule has 9 heteroatoms. The number of thioether (sulfide) groups is 1. The quantitative estimate of drug-likeness (QED) is 0.423. The van der Waals surface area contributed by atoms with Gasteiger partial charge in [-0.1, -0.05) is 42.4 Å². The van der Waals surface area contributed by atoms with E-state index >= 15 is 0 Å². The average molecular weight is 445 g/mol. The zero-order valence-electron chi connectivity index (χ0n) is 17.0. The second kappa shape index (κ2) is 9.66. The summed E-state index contributed by atoms with van der Waals surface area (Å²) in [4.78, 5) is 24.1. The Morgan fingerprint density at radius 1 is 1.20 bits per heavy atom. The van der Waals surface area contributed by atoms with E-state index in [0.29, 0.717) is 24.5 Å². The van der Waals surface area contributed by atoms with Gasteiger partial charge in [-0.25, -0.2) is 14.6 Å². The molecule has 4 rings (SSSR count).